The first-order chi connectivity index (χ1) is 4.33. The van der Waals surface area contributed by atoms with Crippen molar-refractivity contribution in [1.82, 2.24) is 15.0 Å². The molecule has 0 unspecified atom stereocenters. The van der Waals surface area contributed by atoms with Crippen LogP contribution in [-0.4, -0.2) is 20.1 Å². The minimum Gasteiger partial charge on any atom is -0.388 e. The summed E-state index contributed by atoms with van der Waals surface area (Å²) in [5, 5.41) is 8.45. The van der Waals surface area contributed by atoms with Crippen molar-refractivity contribution in [2.24, 2.45) is 0 Å². The Morgan fingerprint density at radius 1 is 1.56 bits per heavy atom. The zero-order valence-electron chi connectivity index (χ0n) is 4.65. The van der Waals surface area contributed by atoms with E-state index in [1.165, 1.54) is 6.33 Å². The topological polar surface area (TPSA) is 84.9 Å². The lowest BCUT2D eigenvalue weighted by Crippen LogP contribution is -2.00. The fraction of sp³-hybridized carbons (Fsp3) is 0.250. The molecule has 0 amide bonds. The van der Waals surface area contributed by atoms with Gasteiger partial charge in [-0.3, -0.25) is 0 Å². The van der Waals surface area contributed by atoms with Crippen LogP contribution in [-0.2, 0) is 6.61 Å². The molecule has 1 aromatic rings. The summed E-state index contributed by atoms with van der Waals surface area (Å²) in [6.07, 6.45) is 1.26. The molecule has 0 saturated carbocycles. The SMILES string of the molecule is Nc1ncnc(CO)n1. The second-order valence-corrected chi connectivity index (χ2v) is 1.42. The molecule has 1 heterocycles. The predicted octanol–water partition coefficient (Wildman–Crippen LogP) is -1.05. The van der Waals surface area contributed by atoms with Gasteiger partial charge in [0, 0.05) is 0 Å². The van der Waals surface area contributed by atoms with E-state index in [1.807, 2.05) is 0 Å². The Morgan fingerprint density at radius 2 is 2.33 bits per heavy atom. The van der Waals surface area contributed by atoms with Crippen LogP contribution in [0.15, 0.2) is 6.33 Å². The fourth-order valence-corrected chi connectivity index (χ4v) is 0.421. The monoisotopic (exact) mass is 126 g/mol. The number of hydrogen-bond donors (Lipinski definition) is 2. The average molecular weight is 126 g/mol. The van der Waals surface area contributed by atoms with Crippen molar-refractivity contribution < 1.29 is 5.11 Å². The van der Waals surface area contributed by atoms with Gasteiger partial charge in [-0.1, -0.05) is 0 Å². The minimum atomic E-state index is -0.202. The molecule has 9 heavy (non-hydrogen) atoms. The number of rotatable bonds is 1. The molecule has 1 rings (SSSR count). The van der Waals surface area contributed by atoms with Crippen molar-refractivity contribution in [2.45, 2.75) is 6.61 Å². The van der Waals surface area contributed by atoms with E-state index < -0.39 is 0 Å². The molecule has 1 aromatic heterocycles. The highest BCUT2D eigenvalue weighted by atomic mass is 16.3. The number of nitrogens with two attached hydrogens (primary N) is 1. The summed E-state index contributed by atoms with van der Waals surface area (Å²) in [5.41, 5.74) is 5.16. The molecule has 3 N–H and O–H groups in total. The van der Waals surface area contributed by atoms with Crippen LogP contribution in [0.4, 0.5) is 5.95 Å². The van der Waals surface area contributed by atoms with Crippen molar-refractivity contribution in [3.8, 4) is 0 Å². The molecule has 0 radical (unpaired) electrons. The van der Waals surface area contributed by atoms with Gasteiger partial charge in [0.25, 0.3) is 0 Å². The number of nitrogens with zero attached hydrogens (tertiary/aromatic N) is 3. The van der Waals surface area contributed by atoms with Crippen LogP contribution in [0.5, 0.6) is 0 Å². The van der Waals surface area contributed by atoms with Gasteiger partial charge in [-0.25, -0.2) is 9.97 Å². The van der Waals surface area contributed by atoms with Gasteiger partial charge >= 0.3 is 0 Å². The number of aliphatic hydroxyl groups excluding tert-OH is 1. The molecule has 5 nitrogen and oxygen atoms in total. The zero-order valence-corrected chi connectivity index (χ0v) is 4.65. The maximum Gasteiger partial charge on any atom is 0.223 e. The molecule has 0 aliphatic rings. The number of aromatic nitrogens is 3. The van der Waals surface area contributed by atoms with Crippen molar-refractivity contribution in [3.63, 3.8) is 0 Å². The van der Waals surface area contributed by atoms with Gasteiger partial charge < -0.3 is 10.8 Å². The second-order valence-electron chi connectivity index (χ2n) is 1.42. The van der Waals surface area contributed by atoms with Crippen LogP contribution in [0.1, 0.15) is 5.82 Å². The molecule has 0 aliphatic carbocycles. The van der Waals surface area contributed by atoms with E-state index in [4.69, 9.17) is 10.8 Å². The van der Waals surface area contributed by atoms with Gasteiger partial charge in [0.1, 0.15) is 12.9 Å². The van der Waals surface area contributed by atoms with Crippen molar-refractivity contribution in [2.75, 3.05) is 5.73 Å². The molecule has 0 bridgehead atoms. The van der Waals surface area contributed by atoms with E-state index in [-0.39, 0.29) is 12.6 Å². The number of anilines is 1. The maximum absolute atomic E-state index is 8.45. The van der Waals surface area contributed by atoms with Crippen LogP contribution in [0, 0.1) is 0 Å². The Balaban J connectivity index is 2.94. The third-order valence-electron chi connectivity index (χ3n) is 0.782. The summed E-state index contributed by atoms with van der Waals surface area (Å²) in [7, 11) is 0. The van der Waals surface area contributed by atoms with E-state index in [0.717, 1.165) is 0 Å². The highest BCUT2D eigenvalue weighted by molar-refractivity contribution is 5.11. The first kappa shape index (κ1) is 5.90. The van der Waals surface area contributed by atoms with Crippen molar-refractivity contribution >= 4 is 5.95 Å². The van der Waals surface area contributed by atoms with Crippen molar-refractivity contribution in [3.05, 3.63) is 12.2 Å². The largest absolute Gasteiger partial charge is 0.388 e. The fourth-order valence-electron chi connectivity index (χ4n) is 0.421. The van der Waals surface area contributed by atoms with Crippen LogP contribution in [0.3, 0.4) is 0 Å². The smallest absolute Gasteiger partial charge is 0.223 e. The van der Waals surface area contributed by atoms with Gasteiger partial charge in [0.2, 0.25) is 5.95 Å². The normalized spacial score (nSPS) is 9.44. The van der Waals surface area contributed by atoms with Gasteiger partial charge in [-0.15, -0.1) is 0 Å². The third-order valence-corrected chi connectivity index (χ3v) is 0.782. The van der Waals surface area contributed by atoms with Gasteiger partial charge in [0.15, 0.2) is 5.82 Å². The third kappa shape index (κ3) is 1.33. The lowest BCUT2D eigenvalue weighted by Gasteiger charge is -1.91. The first-order valence-corrected chi connectivity index (χ1v) is 2.37. The maximum atomic E-state index is 8.45. The summed E-state index contributed by atoms with van der Waals surface area (Å²) in [4.78, 5) is 10.7. The number of aliphatic hydroxyl groups is 1. The molecule has 0 fully saturated rings. The molecule has 5 heteroatoms. The minimum absolute atomic E-state index is 0.133. The molecular formula is C4H6N4O. The lowest BCUT2D eigenvalue weighted by atomic mass is 10.6. The number of nitrogen functional groups attached to an aromatic ring is 1. The van der Waals surface area contributed by atoms with E-state index in [9.17, 15) is 0 Å². The first-order valence-electron chi connectivity index (χ1n) is 2.37. The van der Waals surface area contributed by atoms with Crippen LogP contribution in [0.2, 0.25) is 0 Å². The average Bonchev–Trinajstić information content (AvgIpc) is 1.88. The van der Waals surface area contributed by atoms with E-state index in [1.54, 1.807) is 0 Å². The molecule has 0 saturated heterocycles. The highest BCUT2D eigenvalue weighted by Crippen LogP contribution is 1.89. The number of hydrogen-bond acceptors (Lipinski definition) is 5. The van der Waals surface area contributed by atoms with E-state index >= 15 is 0 Å². The molecule has 0 aromatic carbocycles. The van der Waals surface area contributed by atoms with Gasteiger partial charge in [-0.05, 0) is 0 Å². The molecule has 0 spiro atoms. The Labute approximate surface area is 51.6 Å². The standard InChI is InChI=1S/C4H6N4O/c5-4-7-2-6-3(1-9)8-4/h2,9H,1H2,(H2,5,6,7,8). The summed E-state index contributed by atoms with van der Waals surface area (Å²) in [6, 6.07) is 0. The predicted molar refractivity (Wildman–Crippen MR) is 30.2 cm³/mol. The van der Waals surface area contributed by atoms with Crippen LogP contribution in [0.25, 0.3) is 0 Å². The van der Waals surface area contributed by atoms with Gasteiger partial charge in [-0.2, -0.15) is 4.98 Å². The van der Waals surface area contributed by atoms with Crippen LogP contribution >= 0.6 is 0 Å². The highest BCUT2D eigenvalue weighted by Gasteiger charge is 1.91. The van der Waals surface area contributed by atoms with Gasteiger partial charge in [0.05, 0.1) is 0 Å². The van der Waals surface area contributed by atoms with E-state index in [2.05, 4.69) is 15.0 Å². The Morgan fingerprint density at radius 3 is 2.78 bits per heavy atom. The molecule has 0 atom stereocenters. The Kier molecular flexibility index (Phi) is 1.55. The molecule has 48 valence electrons. The molecular weight excluding hydrogens is 120 g/mol. The second kappa shape index (κ2) is 2.36. The van der Waals surface area contributed by atoms with Crippen molar-refractivity contribution in [1.29, 1.82) is 0 Å². The Bertz CT molecular complexity index is 202. The summed E-state index contributed by atoms with van der Waals surface area (Å²) in [5.74, 6) is 0.427. The zero-order chi connectivity index (χ0) is 6.69. The van der Waals surface area contributed by atoms with Crippen LogP contribution < -0.4 is 5.73 Å². The summed E-state index contributed by atoms with van der Waals surface area (Å²) >= 11 is 0. The molecule has 0 aliphatic heterocycles. The van der Waals surface area contributed by atoms with E-state index in [0.29, 0.717) is 5.82 Å². The summed E-state index contributed by atoms with van der Waals surface area (Å²) < 4.78 is 0. The quantitative estimate of drug-likeness (QED) is 0.501. The summed E-state index contributed by atoms with van der Waals surface area (Å²) in [6.45, 7) is -0.202. The lowest BCUT2D eigenvalue weighted by molar-refractivity contribution is 0.271. The Hall–Kier alpha value is -1.23.